The zero-order valence-corrected chi connectivity index (χ0v) is 10.6. The first-order chi connectivity index (χ1) is 8.86. The molecule has 0 amide bonds. The molecule has 2 aromatic carbocycles. The Bertz CT molecular complexity index is 522. The maximum Gasteiger partial charge on any atom is 0.0597 e. The number of hydrogen-bond donors (Lipinski definition) is 1. The highest BCUT2D eigenvalue weighted by atomic mass is 15.1. The SMILES string of the molecule is CN1CCNC(c2ccccc2)c2ccccc21. The summed E-state index contributed by atoms with van der Waals surface area (Å²) in [4.78, 5) is 2.32. The van der Waals surface area contributed by atoms with Crippen molar-refractivity contribution in [1.29, 1.82) is 0 Å². The van der Waals surface area contributed by atoms with Gasteiger partial charge in [-0.3, -0.25) is 0 Å². The van der Waals surface area contributed by atoms with Crippen LogP contribution in [0, 0.1) is 0 Å². The Morgan fingerprint density at radius 3 is 2.56 bits per heavy atom. The van der Waals surface area contributed by atoms with Crippen LogP contribution in [0.15, 0.2) is 54.6 Å². The molecule has 0 bridgehead atoms. The highest BCUT2D eigenvalue weighted by Gasteiger charge is 2.21. The van der Waals surface area contributed by atoms with Crippen LogP contribution in [0.5, 0.6) is 0 Å². The molecule has 0 fully saturated rings. The molecule has 3 rings (SSSR count). The monoisotopic (exact) mass is 238 g/mol. The number of likely N-dealkylation sites (N-methyl/N-ethyl adjacent to an activating group) is 1. The molecule has 0 spiro atoms. The lowest BCUT2D eigenvalue weighted by molar-refractivity contribution is 0.626. The highest BCUT2D eigenvalue weighted by molar-refractivity contribution is 5.57. The first-order valence-electron chi connectivity index (χ1n) is 6.44. The number of nitrogens with zero attached hydrogens (tertiary/aromatic N) is 1. The van der Waals surface area contributed by atoms with Gasteiger partial charge in [-0.15, -0.1) is 0 Å². The molecule has 18 heavy (non-hydrogen) atoms. The quantitative estimate of drug-likeness (QED) is 0.822. The number of rotatable bonds is 1. The summed E-state index contributed by atoms with van der Waals surface area (Å²) in [7, 11) is 2.16. The molecule has 1 unspecified atom stereocenters. The lowest BCUT2D eigenvalue weighted by Gasteiger charge is -2.21. The van der Waals surface area contributed by atoms with Crippen molar-refractivity contribution in [1.82, 2.24) is 5.32 Å². The Balaban J connectivity index is 2.08. The fourth-order valence-electron chi connectivity index (χ4n) is 2.63. The summed E-state index contributed by atoms with van der Waals surface area (Å²) in [6.45, 7) is 2.05. The summed E-state index contributed by atoms with van der Waals surface area (Å²) in [6, 6.07) is 19.6. The first-order valence-corrected chi connectivity index (χ1v) is 6.44. The summed E-state index contributed by atoms with van der Waals surface area (Å²) in [5.74, 6) is 0. The van der Waals surface area contributed by atoms with Crippen LogP contribution >= 0.6 is 0 Å². The number of anilines is 1. The Hall–Kier alpha value is -1.80. The van der Waals surface area contributed by atoms with E-state index >= 15 is 0 Å². The zero-order chi connectivity index (χ0) is 12.4. The molecule has 1 aliphatic rings. The van der Waals surface area contributed by atoms with Crippen LogP contribution in [0.1, 0.15) is 17.2 Å². The van der Waals surface area contributed by atoms with Crippen molar-refractivity contribution in [3.8, 4) is 0 Å². The van der Waals surface area contributed by atoms with Gasteiger partial charge in [0.15, 0.2) is 0 Å². The van der Waals surface area contributed by atoms with Crippen molar-refractivity contribution in [2.75, 3.05) is 25.0 Å². The summed E-state index contributed by atoms with van der Waals surface area (Å²) < 4.78 is 0. The molecule has 1 atom stereocenters. The van der Waals surface area contributed by atoms with Crippen LogP contribution in [0.4, 0.5) is 5.69 Å². The van der Waals surface area contributed by atoms with Crippen LogP contribution in [-0.4, -0.2) is 20.1 Å². The summed E-state index contributed by atoms with van der Waals surface area (Å²) in [5, 5.41) is 3.64. The maximum absolute atomic E-state index is 3.64. The fourth-order valence-corrected chi connectivity index (χ4v) is 2.63. The first kappa shape index (κ1) is 11.3. The predicted molar refractivity (Wildman–Crippen MR) is 76.0 cm³/mol. The van der Waals surface area contributed by atoms with E-state index in [2.05, 4.69) is 71.9 Å². The molecule has 0 saturated carbocycles. The summed E-state index contributed by atoms with van der Waals surface area (Å²) in [6.07, 6.45) is 0. The second-order valence-electron chi connectivity index (χ2n) is 4.78. The number of nitrogens with one attached hydrogen (secondary N) is 1. The third-order valence-corrected chi connectivity index (χ3v) is 3.59. The van der Waals surface area contributed by atoms with E-state index in [1.54, 1.807) is 0 Å². The van der Waals surface area contributed by atoms with Crippen molar-refractivity contribution in [3.63, 3.8) is 0 Å². The third-order valence-electron chi connectivity index (χ3n) is 3.59. The molecule has 0 saturated heterocycles. The Morgan fingerprint density at radius 1 is 1.00 bits per heavy atom. The van der Waals surface area contributed by atoms with Gasteiger partial charge in [0.1, 0.15) is 0 Å². The summed E-state index contributed by atoms with van der Waals surface area (Å²) in [5.41, 5.74) is 4.03. The molecule has 0 aliphatic carbocycles. The molecule has 2 heteroatoms. The van der Waals surface area contributed by atoms with Gasteiger partial charge in [-0.1, -0.05) is 48.5 Å². The average Bonchev–Trinajstić information content (AvgIpc) is 2.60. The number of fused-ring (bicyclic) bond motifs is 1. The van der Waals surface area contributed by atoms with Crippen molar-refractivity contribution < 1.29 is 0 Å². The van der Waals surface area contributed by atoms with E-state index in [0.717, 1.165) is 13.1 Å². The van der Waals surface area contributed by atoms with Gasteiger partial charge in [-0.25, -0.2) is 0 Å². The molecule has 1 N–H and O–H groups in total. The molecule has 2 nitrogen and oxygen atoms in total. The van der Waals surface area contributed by atoms with E-state index in [1.807, 2.05) is 0 Å². The second kappa shape index (κ2) is 4.83. The highest BCUT2D eigenvalue weighted by Crippen LogP contribution is 2.31. The van der Waals surface area contributed by atoms with Gasteiger partial charge in [0.25, 0.3) is 0 Å². The Kier molecular flexibility index (Phi) is 3.03. The minimum Gasteiger partial charge on any atom is -0.373 e. The van der Waals surface area contributed by atoms with E-state index in [0.29, 0.717) is 6.04 Å². The van der Waals surface area contributed by atoms with E-state index in [4.69, 9.17) is 0 Å². The van der Waals surface area contributed by atoms with Gasteiger partial charge < -0.3 is 10.2 Å². The van der Waals surface area contributed by atoms with E-state index in [1.165, 1.54) is 16.8 Å². The van der Waals surface area contributed by atoms with Gasteiger partial charge in [-0.2, -0.15) is 0 Å². The van der Waals surface area contributed by atoms with Gasteiger partial charge in [0, 0.05) is 25.8 Å². The van der Waals surface area contributed by atoms with Crippen LogP contribution in [0.25, 0.3) is 0 Å². The van der Waals surface area contributed by atoms with Crippen LogP contribution in [0.2, 0.25) is 0 Å². The van der Waals surface area contributed by atoms with Crippen LogP contribution < -0.4 is 10.2 Å². The maximum atomic E-state index is 3.64. The minimum absolute atomic E-state index is 0.298. The van der Waals surface area contributed by atoms with Gasteiger partial charge in [0.2, 0.25) is 0 Å². The van der Waals surface area contributed by atoms with Crippen LogP contribution in [-0.2, 0) is 0 Å². The van der Waals surface area contributed by atoms with Gasteiger partial charge in [0.05, 0.1) is 6.04 Å². The van der Waals surface area contributed by atoms with Crippen molar-refractivity contribution in [2.45, 2.75) is 6.04 Å². The van der Waals surface area contributed by atoms with E-state index in [-0.39, 0.29) is 0 Å². The lowest BCUT2D eigenvalue weighted by Crippen LogP contribution is -2.26. The average molecular weight is 238 g/mol. The molecule has 2 aromatic rings. The van der Waals surface area contributed by atoms with Crippen molar-refractivity contribution in [2.24, 2.45) is 0 Å². The molecule has 0 aromatic heterocycles. The van der Waals surface area contributed by atoms with Crippen LogP contribution in [0.3, 0.4) is 0 Å². The molecule has 1 heterocycles. The van der Waals surface area contributed by atoms with Gasteiger partial charge >= 0.3 is 0 Å². The normalized spacial score (nSPS) is 19.2. The minimum atomic E-state index is 0.298. The van der Waals surface area contributed by atoms with E-state index in [9.17, 15) is 0 Å². The number of benzene rings is 2. The third kappa shape index (κ3) is 2.00. The van der Waals surface area contributed by atoms with Crippen molar-refractivity contribution in [3.05, 3.63) is 65.7 Å². The molecule has 1 aliphatic heterocycles. The molecule has 92 valence electrons. The lowest BCUT2D eigenvalue weighted by atomic mass is 9.97. The topological polar surface area (TPSA) is 15.3 Å². The van der Waals surface area contributed by atoms with Gasteiger partial charge in [-0.05, 0) is 17.2 Å². The van der Waals surface area contributed by atoms with Crippen molar-refractivity contribution >= 4 is 5.69 Å². The molecule has 0 radical (unpaired) electrons. The standard InChI is InChI=1S/C16H18N2/c1-18-12-11-17-16(13-7-3-2-4-8-13)14-9-5-6-10-15(14)18/h2-10,16-17H,11-12H2,1H3. The van der Waals surface area contributed by atoms with E-state index < -0.39 is 0 Å². The second-order valence-corrected chi connectivity index (χ2v) is 4.78. The Labute approximate surface area is 108 Å². The fraction of sp³-hybridized carbons (Fsp3) is 0.250. The zero-order valence-electron chi connectivity index (χ0n) is 10.6. The predicted octanol–water partition coefficient (Wildman–Crippen LogP) is 2.82. The smallest absolute Gasteiger partial charge is 0.0597 e. The molecular weight excluding hydrogens is 220 g/mol. The molecular formula is C16H18N2. The summed E-state index contributed by atoms with van der Waals surface area (Å²) >= 11 is 0. The Morgan fingerprint density at radius 2 is 1.72 bits per heavy atom. The number of hydrogen-bond acceptors (Lipinski definition) is 2. The largest absolute Gasteiger partial charge is 0.373 e. The number of para-hydroxylation sites is 1.